The van der Waals surface area contributed by atoms with Crippen LogP contribution in [0.15, 0.2) is 6.33 Å². The molecule has 8 heteroatoms. The van der Waals surface area contributed by atoms with Gasteiger partial charge in [0.2, 0.25) is 0 Å². The predicted molar refractivity (Wildman–Crippen MR) is 60.6 cm³/mol. The molecule has 1 aromatic heterocycles. The second-order valence-electron chi connectivity index (χ2n) is 3.45. The number of carbonyl (C=O) groups excluding carboxylic acids is 1. The molecular weight excluding hydrogens is 242 g/mol. The van der Waals surface area contributed by atoms with E-state index in [1.54, 1.807) is 0 Å². The third-order valence-corrected chi connectivity index (χ3v) is 2.24. The second kappa shape index (κ2) is 6.72. The molecule has 0 saturated carbocycles. The standard InChI is InChI=1S/C10H15N3O5/c1-17-4-6(18-2)3-11-9(14)7-8(10(15)16)13-5-12-7/h5-6H,3-4H2,1-2H3,(H,11,14)(H,12,13)(H,15,16). The zero-order valence-corrected chi connectivity index (χ0v) is 10.1. The van der Waals surface area contributed by atoms with E-state index in [4.69, 9.17) is 14.6 Å². The number of carbonyl (C=O) groups is 2. The van der Waals surface area contributed by atoms with Crippen molar-refractivity contribution >= 4 is 11.9 Å². The SMILES string of the molecule is COCC(CNC(=O)c1nc[nH]c1C(=O)O)OC. The molecule has 1 unspecified atom stereocenters. The third-order valence-electron chi connectivity index (χ3n) is 2.24. The van der Waals surface area contributed by atoms with E-state index in [9.17, 15) is 9.59 Å². The van der Waals surface area contributed by atoms with Crippen molar-refractivity contribution in [3.8, 4) is 0 Å². The number of aromatic nitrogens is 2. The van der Waals surface area contributed by atoms with Crippen molar-refractivity contribution in [1.82, 2.24) is 15.3 Å². The van der Waals surface area contributed by atoms with Crippen LogP contribution in [0.25, 0.3) is 0 Å². The normalized spacial score (nSPS) is 12.1. The zero-order valence-electron chi connectivity index (χ0n) is 10.1. The molecule has 18 heavy (non-hydrogen) atoms. The Balaban J connectivity index is 2.60. The summed E-state index contributed by atoms with van der Waals surface area (Å²) in [6.07, 6.45) is 0.854. The third kappa shape index (κ3) is 3.54. The highest BCUT2D eigenvalue weighted by Gasteiger charge is 2.20. The number of aromatic carboxylic acids is 1. The molecule has 0 aliphatic rings. The lowest BCUT2D eigenvalue weighted by Crippen LogP contribution is -2.36. The van der Waals surface area contributed by atoms with Gasteiger partial charge in [-0.2, -0.15) is 0 Å². The Kier molecular flexibility index (Phi) is 5.28. The Labute approximate surface area is 103 Å². The van der Waals surface area contributed by atoms with Crippen molar-refractivity contribution in [2.45, 2.75) is 6.10 Å². The first-order valence-electron chi connectivity index (χ1n) is 5.16. The molecule has 0 fully saturated rings. The number of aromatic amines is 1. The zero-order chi connectivity index (χ0) is 13.5. The van der Waals surface area contributed by atoms with Gasteiger partial charge in [-0.1, -0.05) is 0 Å². The van der Waals surface area contributed by atoms with Gasteiger partial charge in [0.25, 0.3) is 5.91 Å². The number of nitrogens with zero attached hydrogens (tertiary/aromatic N) is 1. The molecule has 0 aliphatic heterocycles. The Morgan fingerprint density at radius 2 is 2.28 bits per heavy atom. The molecule has 1 amide bonds. The monoisotopic (exact) mass is 257 g/mol. The van der Waals surface area contributed by atoms with Crippen molar-refractivity contribution < 1.29 is 24.2 Å². The summed E-state index contributed by atoms with van der Waals surface area (Å²) in [6, 6.07) is 0. The van der Waals surface area contributed by atoms with Gasteiger partial charge in [0.15, 0.2) is 11.4 Å². The van der Waals surface area contributed by atoms with Gasteiger partial charge < -0.3 is 24.9 Å². The topological polar surface area (TPSA) is 114 Å². The first-order valence-corrected chi connectivity index (χ1v) is 5.16. The molecule has 0 radical (unpaired) electrons. The highest BCUT2D eigenvalue weighted by atomic mass is 16.5. The van der Waals surface area contributed by atoms with Crippen molar-refractivity contribution in [3.05, 3.63) is 17.7 Å². The van der Waals surface area contributed by atoms with Gasteiger partial charge in [0, 0.05) is 20.8 Å². The summed E-state index contributed by atoms with van der Waals surface area (Å²) >= 11 is 0. The van der Waals surface area contributed by atoms with E-state index >= 15 is 0 Å². The van der Waals surface area contributed by atoms with Crippen LogP contribution in [-0.4, -0.2) is 60.4 Å². The quantitative estimate of drug-likeness (QED) is 0.606. The smallest absolute Gasteiger partial charge is 0.354 e. The number of ether oxygens (including phenoxy) is 2. The highest BCUT2D eigenvalue weighted by Crippen LogP contribution is 2.02. The lowest BCUT2D eigenvalue weighted by atomic mass is 10.3. The number of methoxy groups -OCH3 is 2. The van der Waals surface area contributed by atoms with Crippen LogP contribution in [0, 0.1) is 0 Å². The number of rotatable bonds is 7. The first kappa shape index (κ1) is 14.1. The van der Waals surface area contributed by atoms with Gasteiger partial charge in [-0.25, -0.2) is 9.78 Å². The van der Waals surface area contributed by atoms with E-state index in [2.05, 4.69) is 15.3 Å². The van der Waals surface area contributed by atoms with Crippen molar-refractivity contribution in [2.75, 3.05) is 27.4 Å². The molecule has 1 heterocycles. The maximum absolute atomic E-state index is 11.7. The summed E-state index contributed by atoms with van der Waals surface area (Å²) in [6.45, 7) is 0.526. The number of carboxylic acid groups (broad SMARTS) is 1. The molecule has 100 valence electrons. The van der Waals surface area contributed by atoms with Crippen LogP contribution in [0.1, 0.15) is 21.0 Å². The molecular formula is C10H15N3O5. The lowest BCUT2D eigenvalue weighted by Gasteiger charge is -2.14. The van der Waals surface area contributed by atoms with Crippen LogP contribution in [0.4, 0.5) is 0 Å². The summed E-state index contributed by atoms with van der Waals surface area (Å²) in [5.74, 6) is -1.82. The fraction of sp³-hybridized carbons (Fsp3) is 0.500. The van der Waals surface area contributed by atoms with Crippen LogP contribution in [0.2, 0.25) is 0 Å². The van der Waals surface area contributed by atoms with E-state index in [0.29, 0.717) is 6.61 Å². The van der Waals surface area contributed by atoms with Gasteiger partial charge in [0.1, 0.15) is 0 Å². The molecule has 1 aromatic rings. The van der Waals surface area contributed by atoms with E-state index in [1.165, 1.54) is 14.2 Å². The van der Waals surface area contributed by atoms with Gasteiger partial charge >= 0.3 is 5.97 Å². The van der Waals surface area contributed by atoms with E-state index < -0.39 is 11.9 Å². The van der Waals surface area contributed by atoms with Gasteiger partial charge in [0.05, 0.1) is 19.0 Å². The molecule has 0 spiro atoms. The summed E-state index contributed by atoms with van der Waals surface area (Å²) in [5, 5.41) is 11.3. The fourth-order valence-corrected chi connectivity index (χ4v) is 1.32. The second-order valence-corrected chi connectivity index (χ2v) is 3.45. The molecule has 0 bridgehead atoms. The largest absolute Gasteiger partial charge is 0.477 e. The first-order chi connectivity index (χ1) is 8.60. The Bertz CT molecular complexity index is 417. The van der Waals surface area contributed by atoms with E-state index in [1.807, 2.05) is 0 Å². The highest BCUT2D eigenvalue weighted by molar-refractivity contribution is 6.02. The summed E-state index contributed by atoms with van der Waals surface area (Å²) < 4.78 is 9.94. The van der Waals surface area contributed by atoms with E-state index in [0.717, 1.165) is 6.33 Å². The fourth-order valence-electron chi connectivity index (χ4n) is 1.32. The lowest BCUT2D eigenvalue weighted by molar-refractivity contribution is 0.0284. The molecule has 3 N–H and O–H groups in total. The van der Waals surface area contributed by atoms with E-state index in [-0.39, 0.29) is 24.0 Å². The number of amides is 1. The van der Waals surface area contributed by atoms with Crippen LogP contribution in [0.5, 0.6) is 0 Å². The van der Waals surface area contributed by atoms with Crippen molar-refractivity contribution in [3.63, 3.8) is 0 Å². The number of carboxylic acids is 1. The molecule has 1 atom stereocenters. The summed E-state index contributed by atoms with van der Waals surface area (Å²) in [5.41, 5.74) is -0.400. The minimum absolute atomic E-state index is 0.158. The number of H-pyrrole nitrogens is 1. The summed E-state index contributed by atoms with van der Waals surface area (Å²) in [7, 11) is 3.01. The van der Waals surface area contributed by atoms with Crippen LogP contribution >= 0.6 is 0 Å². The predicted octanol–water partition coefficient (Wildman–Crippen LogP) is -0.501. The molecule has 0 aliphatic carbocycles. The van der Waals surface area contributed by atoms with Crippen molar-refractivity contribution in [2.24, 2.45) is 0 Å². The Morgan fingerprint density at radius 3 is 2.83 bits per heavy atom. The Morgan fingerprint density at radius 1 is 1.56 bits per heavy atom. The van der Waals surface area contributed by atoms with Crippen LogP contribution < -0.4 is 5.32 Å². The van der Waals surface area contributed by atoms with Crippen LogP contribution in [-0.2, 0) is 9.47 Å². The minimum Gasteiger partial charge on any atom is -0.477 e. The van der Waals surface area contributed by atoms with Crippen LogP contribution in [0.3, 0.4) is 0 Å². The average molecular weight is 257 g/mol. The van der Waals surface area contributed by atoms with Gasteiger partial charge in [-0.05, 0) is 0 Å². The average Bonchev–Trinajstić information content (AvgIpc) is 2.83. The maximum atomic E-state index is 11.7. The number of nitrogens with one attached hydrogen (secondary N) is 2. The minimum atomic E-state index is -1.24. The number of hydrogen-bond donors (Lipinski definition) is 3. The molecule has 0 aromatic carbocycles. The maximum Gasteiger partial charge on any atom is 0.354 e. The molecule has 1 rings (SSSR count). The molecule has 8 nitrogen and oxygen atoms in total. The summed E-state index contributed by atoms with van der Waals surface area (Å²) in [4.78, 5) is 28.5. The van der Waals surface area contributed by atoms with Gasteiger partial charge in [-0.15, -0.1) is 0 Å². The van der Waals surface area contributed by atoms with Crippen molar-refractivity contribution in [1.29, 1.82) is 0 Å². The number of imidazole rings is 1. The van der Waals surface area contributed by atoms with Gasteiger partial charge in [-0.3, -0.25) is 4.79 Å². The Hall–Kier alpha value is -1.93. The molecule has 0 saturated heterocycles. The number of hydrogen-bond acceptors (Lipinski definition) is 5.